The molecule has 0 fully saturated rings. The minimum atomic E-state index is -1.11. The number of aromatic carboxylic acids is 1. The summed E-state index contributed by atoms with van der Waals surface area (Å²) in [5, 5.41) is 18.7. The van der Waals surface area contributed by atoms with E-state index in [0.29, 0.717) is 12.0 Å². The first-order valence-electron chi connectivity index (χ1n) is 11.5. The molecule has 1 aliphatic rings. The van der Waals surface area contributed by atoms with Crippen LogP contribution in [0.1, 0.15) is 52.9 Å². The molecular formula is C26H28N4O5. The van der Waals surface area contributed by atoms with Crippen molar-refractivity contribution in [3.05, 3.63) is 77.1 Å². The molecule has 4 rings (SSSR count). The van der Waals surface area contributed by atoms with Crippen LogP contribution in [0.3, 0.4) is 0 Å². The average Bonchev–Trinajstić information content (AvgIpc) is 3.38. The van der Waals surface area contributed by atoms with Gasteiger partial charge in [-0.05, 0) is 28.7 Å². The van der Waals surface area contributed by atoms with Gasteiger partial charge in [-0.2, -0.15) is 5.10 Å². The van der Waals surface area contributed by atoms with E-state index in [4.69, 9.17) is 4.74 Å². The molecule has 3 N–H and O–H groups in total. The molecule has 2 amide bonds. The number of carbonyl (C=O) groups excluding carboxylic acids is 2. The molecule has 2 aromatic carbocycles. The molecule has 182 valence electrons. The molecule has 0 unspecified atom stereocenters. The van der Waals surface area contributed by atoms with Crippen molar-refractivity contribution in [3.63, 3.8) is 0 Å². The van der Waals surface area contributed by atoms with E-state index in [1.165, 1.54) is 17.9 Å². The second-order valence-electron chi connectivity index (χ2n) is 8.50. The second-order valence-corrected chi connectivity index (χ2v) is 8.50. The van der Waals surface area contributed by atoms with Crippen LogP contribution < -0.4 is 10.6 Å². The van der Waals surface area contributed by atoms with Gasteiger partial charge in [0, 0.05) is 37.5 Å². The molecule has 35 heavy (non-hydrogen) atoms. The molecular weight excluding hydrogens is 448 g/mol. The third-order valence-electron chi connectivity index (χ3n) is 6.28. The Balaban J connectivity index is 1.30. The first-order chi connectivity index (χ1) is 16.9. The van der Waals surface area contributed by atoms with Gasteiger partial charge in [-0.25, -0.2) is 9.59 Å². The van der Waals surface area contributed by atoms with Crippen molar-refractivity contribution >= 4 is 18.0 Å². The predicted molar refractivity (Wildman–Crippen MR) is 129 cm³/mol. The smallest absolute Gasteiger partial charge is 0.407 e. The van der Waals surface area contributed by atoms with Gasteiger partial charge in [0.15, 0.2) is 5.69 Å². The van der Waals surface area contributed by atoms with Gasteiger partial charge in [0.25, 0.3) is 0 Å². The summed E-state index contributed by atoms with van der Waals surface area (Å²) in [6.07, 6.45) is 1.41. The standard InChI is InChI=1S/C26H28N4O5/c1-3-17(12-23(31)27-13-16-14-28-30(2)24(16)25(32)33)29-26(34)35-15-22-20-10-6-4-8-18(20)19-9-5-7-11-21(19)22/h4-11,14,17,22H,3,12-13,15H2,1-2H3,(H,27,31)(H,29,34)(H,32,33)/t17-/m1/s1. The molecule has 3 aromatic rings. The van der Waals surface area contributed by atoms with Crippen molar-refractivity contribution in [1.82, 2.24) is 20.4 Å². The van der Waals surface area contributed by atoms with Gasteiger partial charge < -0.3 is 20.5 Å². The van der Waals surface area contributed by atoms with Crippen molar-refractivity contribution in [1.29, 1.82) is 0 Å². The lowest BCUT2D eigenvalue weighted by atomic mass is 9.98. The Hall–Kier alpha value is -4.14. The fourth-order valence-corrected chi connectivity index (χ4v) is 4.48. The molecule has 0 saturated heterocycles. The number of fused-ring (bicyclic) bond motifs is 3. The van der Waals surface area contributed by atoms with Gasteiger partial charge in [0.1, 0.15) is 6.61 Å². The molecule has 0 aliphatic heterocycles. The molecule has 9 nitrogen and oxygen atoms in total. The van der Waals surface area contributed by atoms with Crippen LogP contribution in [-0.2, 0) is 23.1 Å². The fraction of sp³-hybridized carbons (Fsp3) is 0.308. The Kier molecular flexibility index (Phi) is 7.14. The van der Waals surface area contributed by atoms with Crippen molar-refractivity contribution in [3.8, 4) is 11.1 Å². The molecule has 0 saturated carbocycles. The number of rotatable bonds is 9. The van der Waals surface area contributed by atoms with E-state index < -0.39 is 18.1 Å². The fourth-order valence-electron chi connectivity index (χ4n) is 4.48. The summed E-state index contributed by atoms with van der Waals surface area (Å²) in [4.78, 5) is 36.3. The zero-order valence-corrected chi connectivity index (χ0v) is 19.7. The van der Waals surface area contributed by atoms with Crippen LogP contribution in [-0.4, -0.2) is 45.5 Å². The van der Waals surface area contributed by atoms with E-state index in [1.807, 2.05) is 31.2 Å². The van der Waals surface area contributed by atoms with E-state index in [9.17, 15) is 19.5 Å². The summed E-state index contributed by atoms with van der Waals surface area (Å²) >= 11 is 0. The van der Waals surface area contributed by atoms with Gasteiger partial charge in [0.2, 0.25) is 5.91 Å². The van der Waals surface area contributed by atoms with Crippen LogP contribution in [0.2, 0.25) is 0 Å². The van der Waals surface area contributed by atoms with E-state index in [-0.39, 0.29) is 37.1 Å². The lowest BCUT2D eigenvalue weighted by molar-refractivity contribution is -0.121. The maximum absolute atomic E-state index is 12.5. The minimum Gasteiger partial charge on any atom is -0.477 e. The highest BCUT2D eigenvalue weighted by Gasteiger charge is 2.29. The number of amides is 2. The molecule has 0 bridgehead atoms. The van der Waals surface area contributed by atoms with Crippen LogP contribution in [0.5, 0.6) is 0 Å². The van der Waals surface area contributed by atoms with Gasteiger partial charge >= 0.3 is 12.1 Å². The Labute approximate surface area is 203 Å². The number of aromatic nitrogens is 2. The molecule has 0 radical (unpaired) electrons. The van der Waals surface area contributed by atoms with Crippen LogP contribution in [0.15, 0.2) is 54.7 Å². The number of carboxylic acid groups (broad SMARTS) is 1. The number of nitrogens with one attached hydrogen (secondary N) is 2. The monoisotopic (exact) mass is 476 g/mol. The Morgan fingerprint density at radius 3 is 2.31 bits per heavy atom. The van der Waals surface area contributed by atoms with Crippen molar-refractivity contribution in [2.45, 2.75) is 38.3 Å². The average molecular weight is 477 g/mol. The summed E-state index contributed by atoms with van der Waals surface area (Å²) in [6, 6.07) is 15.8. The zero-order chi connectivity index (χ0) is 24.9. The largest absolute Gasteiger partial charge is 0.477 e. The number of carbonyl (C=O) groups is 3. The van der Waals surface area contributed by atoms with Crippen LogP contribution in [0.25, 0.3) is 11.1 Å². The quantitative estimate of drug-likeness (QED) is 0.435. The molecule has 1 heterocycles. The Morgan fingerprint density at radius 2 is 1.71 bits per heavy atom. The van der Waals surface area contributed by atoms with Gasteiger partial charge in [-0.1, -0.05) is 55.5 Å². The Bertz CT molecular complexity index is 1210. The number of hydrogen-bond donors (Lipinski definition) is 3. The highest BCUT2D eigenvalue weighted by atomic mass is 16.5. The van der Waals surface area contributed by atoms with Crippen LogP contribution in [0, 0.1) is 0 Å². The molecule has 1 atom stereocenters. The number of hydrogen-bond acceptors (Lipinski definition) is 5. The number of benzene rings is 2. The van der Waals surface area contributed by atoms with Crippen LogP contribution in [0.4, 0.5) is 4.79 Å². The molecule has 0 spiro atoms. The summed E-state index contributed by atoms with van der Waals surface area (Å²) in [7, 11) is 1.53. The lowest BCUT2D eigenvalue weighted by Gasteiger charge is -2.19. The third kappa shape index (κ3) is 5.18. The SMILES string of the molecule is CC[C@H](CC(=O)NCc1cnn(C)c1C(=O)O)NC(=O)OCC1c2ccccc2-c2ccccc21. The first kappa shape index (κ1) is 24.0. The zero-order valence-electron chi connectivity index (χ0n) is 19.7. The van der Waals surface area contributed by atoms with Gasteiger partial charge in [0.05, 0.1) is 6.20 Å². The van der Waals surface area contributed by atoms with Gasteiger partial charge in [-0.3, -0.25) is 9.48 Å². The maximum atomic E-state index is 12.5. The highest BCUT2D eigenvalue weighted by Crippen LogP contribution is 2.44. The lowest BCUT2D eigenvalue weighted by Crippen LogP contribution is -2.39. The predicted octanol–water partition coefficient (Wildman–Crippen LogP) is 3.44. The summed E-state index contributed by atoms with van der Waals surface area (Å²) in [5.74, 6) is -1.46. The van der Waals surface area contributed by atoms with E-state index in [1.54, 1.807) is 0 Å². The van der Waals surface area contributed by atoms with E-state index >= 15 is 0 Å². The first-order valence-corrected chi connectivity index (χ1v) is 11.5. The molecule has 9 heteroatoms. The topological polar surface area (TPSA) is 123 Å². The Morgan fingerprint density at radius 1 is 1.09 bits per heavy atom. The minimum absolute atomic E-state index is 0.0223. The third-order valence-corrected chi connectivity index (χ3v) is 6.28. The second kappa shape index (κ2) is 10.4. The number of ether oxygens (including phenoxy) is 1. The number of carboxylic acids is 1. The normalized spacial score (nSPS) is 13.0. The highest BCUT2D eigenvalue weighted by molar-refractivity contribution is 5.87. The number of aryl methyl sites for hydroxylation is 1. The summed E-state index contributed by atoms with van der Waals surface area (Å²) < 4.78 is 6.82. The molecule has 1 aromatic heterocycles. The summed E-state index contributed by atoms with van der Waals surface area (Å²) in [5.41, 5.74) is 4.99. The number of nitrogens with zero attached hydrogens (tertiary/aromatic N) is 2. The van der Waals surface area contributed by atoms with Crippen molar-refractivity contribution < 1.29 is 24.2 Å². The maximum Gasteiger partial charge on any atom is 0.407 e. The molecule has 1 aliphatic carbocycles. The van der Waals surface area contributed by atoms with Crippen molar-refractivity contribution in [2.75, 3.05) is 6.61 Å². The van der Waals surface area contributed by atoms with Crippen LogP contribution >= 0.6 is 0 Å². The van der Waals surface area contributed by atoms with E-state index in [0.717, 1.165) is 22.3 Å². The van der Waals surface area contributed by atoms with Crippen molar-refractivity contribution in [2.24, 2.45) is 7.05 Å². The van der Waals surface area contributed by atoms with Gasteiger partial charge in [-0.15, -0.1) is 0 Å². The van der Waals surface area contributed by atoms with E-state index in [2.05, 4.69) is 40.0 Å². The number of alkyl carbamates (subject to hydrolysis) is 1. The summed E-state index contributed by atoms with van der Waals surface area (Å²) in [6.45, 7) is 2.10.